The topological polar surface area (TPSA) is 46.2 Å². The van der Waals surface area contributed by atoms with Gasteiger partial charge in [0, 0.05) is 34.2 Å². The standard InChI is InChI=1S/C25H31NO2S/c1-24-13-11-19-17(7-10-21-25(19,2)14-12-22(27)26-21)18(24)8-9-20(24)23(28)15-3-5-16(29)6-4-15/h3-5,12,14,17-21H,6-11,13H2,1-2H3,(H,26,27)/t17-,18-,19-,20+,21+,24-,25+/m0/s1. The lowest BCUT2D eigenvalue weighted by atomic mass is 9.47. The maximum Gasteiger partial charge on any atom is 0.243 e. The van der Waals surface area contributed by atoms with Crippen LogP contribution in [0.2, 0.25) is 0 Å². The van der Waals surface area contributed by atoms with Crippen LogP contribution < -0.4 is 5.32 Å². The monoisotopic (exact) mass is 409 g/mol. The molecule has 0 bridgehead atoms. The van der Waals surface area contributed by atoms with Gasteiger partial charge < -0.3 is 5.32 Å². The van der Waals surface area contributed by atoms with E-state index in [2.05, 4.69) is 25.2 Å². The summed E-state index contributed by atoms with van der Waals surface area (Å²) in [6.07, 6.45) is 17.3. The van der Waals surface area contributed by atoms with Crippen LogP contribution in [0, 0.1) is 34.5 Å². The molecule has 4 aliphatic carbocycles. The van der Waals surface area contributed by atoms with E-state index < -0.39 is 0 Å². The number of allylic oxidation sites excluding steroid dienone is 4. The maximum absolute atomic E-state index is 13.4. The Labute approximate surface area is 179 Å². The van der Waals surface area contributed by atoms with Crippen molar-refractivity contribution in [3.63, 3.8) is 0 Å². The third-order valence-corrected chi connectivity index (χ3v) is 9.56. The van der Waals surface area contributed by atoms with Gasteiger partial charge in [0.05, 0.1) is 0 Å². The van der Waals surface area contributed by atoms with Crippen molar-refractivity contribution in [3.8, 4) is 0 Å². The molecule has 3 nitrogen and oxygen atoms in total. The SMILES string of the molecule is C[C@]12C=CC(=O)N[C@@H]1CC[C@@H]1[C@@H]2CC[C@]2(C)[C@@H](C(=O)C3=CCC(=S)C=C3)CC[C@@H]12. The number of fused-ring (bicyclic) bond motifs is 5. The number of rotatable bonds is 2. The first-order chi connectivity index (χ1) is 13.8. The molecule has 0 spiro atoms. The van der Waals surface area contributed by atoms with Gasteiger partial charge >= 0.3 is 0 Å². The zero-order valence-electron chi connectivity index (χ0n) is 17.4. The lowest BCUT2D eigenvalue weighted by molar-refractivity contribution is -0.129. The van der Waals surface area contributed by atoms with E-state index in [1.807, 2.05) is 18.2 Å². The van der Waals surface area contributed by atoms with Gasteiger partial charge in [-0.1, -0.05) is 44.3 Å². The predicted molar refractivity (Wildman–Crippen MR) is 118 cm³/mol. The van der Waals surface area contributed by atoms with Crippen molar-refractivity contribution in [2.75, 3.05) is 0 Å². The van der Waals surface area contributed by atoms with Crippen LogP contribution in [0.15, 0.2) is 36.0 Å². The molecular weight excluding hydrogens is 378 g/mol. The fourth-order valence-corrected chi connectivity index (χ4v) is 7.83. The summed E-state index contributed by atoms with van der Waals surface area (Å²) in [6, 6.07) is 0.269. The van der Waals surface area contributed by atoms with Gasteiger partial charge in [-0.2, -0.15) is 0 Å². The Kier molecular flexibility index (Phi) is 4.51. The molecule has 1 N–H and O–H groups in total. The molecule has 0 saturated heterocycles. The second kappa shape index (κ2) is 6.73. The molecule has 0 aromatic heterocycles. The van der Waals surface area contributed by atoms with E-state index in [1.165, 1.54) is 12.8 Å². The lowest BCUT2D eigenvalue weighted by Crippen LogP contribution is -2.59. The van der Waals surface area contributed by atoms with Crippen LogP contribution in [0.1, 0.15) is 58.8 Å². The van der Waals surface area contributed by atoms with Gasteiger partial charge in [0.15, 0.2) is 5.78 Å². The summed E-state index contributed by atoms with van der Waals surface area (Å²) in [4.78, 5) is 26.2. The number of carbonyl (C=O) groups is 2. The molecular formula is C25H31NO2S. The Hall–Kier alpha value is -1.55. The molecule has 4 heteroatoms. The highest BCUT2D eigenvalue weighted by atomic mass is 32.1. The number of carbonyl (C=O) groups excluding carboxylic acids is 2. The highest BCUT2D eigenvalue weighted by Gasteiger charge is 2.60. The van der Waals surface area contributed by atoms with Crippen molar-refractivity contribution in [3.05, 3.63) is 36.0 Å². The minimum atomic E-state index is 0.0601. The highest BCUT2D eigenvalue weighted by molar-refractivity contribution is 7.80. The van der Waals surface area contributed by atoms with E-state index in [0.717, 1.165) is 42.5 Å². The molecule has 0 aromatic carbocycles. The molecule has 3 saturated carbocycles. The highest BCUT2D eigenvalue weighted by Crippen LogP contribution is 2.65. The largest absolute Gasteiger partial charge is 0.349 e. The smallest absolute Gasteiger partial charge is 0.243 e. The van der Waals surface area contributed by atoms with Crippen molar-refractivity contribution < 1.29 is 9.59 Å². The molecule has 1 amide bonds. The second-order valence-electron chi connectivity index (χ2n) is 10.4. The molecule has 154 valence electrons. The molecule has 5 aliphatic rings. The van der Waals surface area contributed by atoms with Crippen molar-refractivity contribution in [1.82, 2.24) is 5.32 Å². The maximum atomic E-state index is 13.4. The van der Waals surface area contributed by atoms with Gasteiger partial charge in [0.25, 0.3) is 0 Å². The Morgan fingerprint density at radius 3 is 2.66 bits per heavy atom. The molecule has 29 heavy (non-hydrogen) atoms. The van der Waals surface area contributed by atoms with E-state index in [1.54, 1.807) is 6.08 Å². The van der Waals surface area contributed by atoms with Gasteiger partial charge in [-0.05, 0) is 73.8 Å². The van der Waals surface area contributed by atoms with Crippen LogP contribution in [0.4, 0.5) is 0 Å². The van der Waals surface area contributed by atoms with Gasteiger partial charge in [-0.15, -0.1) is 0 Å². The minimum Gasteiger partial charge on any atom is -0.349 e. The van der Waals surface area contributed by atoms with Crippen molar-refractivity contribution >= 4 is 28.8 Å². The number of hydrogen-bond donors (Lipinski definition) is 1. The molecule has 1 aliphatic heterocycles. The fraction of sp³-hybridized carbons (Fsp3) is 0.640. The quantitative estimate of drug-likeness (QED) is 0.671. The molecule has 7 atom stereocenters. The third-order valence-electron chi connectivity index (χ3n) is 9.26. The number of hydrogen-bond acceptors (Lipinski definition) is 3. The van der Waals surface area contributed by atoms with Gasteiger partial charge in [0.2, 0.25) is 5.91 Å². The minimum absolute atomic E-state index is 0.0601. The number of ketones is 1. The Morgan fingerprint density at radius 2 is 1.90 bits per heavy atom. The van der Waals surface area contributed by atoms with Gasteiger partial charge in [-0.3, -0.25) is 9.59 Å². The molecule has 0 radical (unpaired) electrons. The molecule has 1 heterocycles. The average Bonchev–Trinajstić information content (AvgIpc) is 3.06. The number of thiocarbonyl (C=S) groups is 1. The van der Waals surface area contributed by atoms with Crippen molar-refractivity contribution in [1.29, 1.82) is 0 Å². The second-order valence-corrected chi connectivity index (χ2v) is 10.9. The number of nitrogens with one attached hydrogen (secondary N) is 1. The number of Topliss-reactive ketones (excluding diaryl/α,β-unsaturated/α-hetero) is 1. The first-order valence-electron chi connectivity index (χ1n) is 11.3. The summed E-state index contributed by atoms with van der Waals surface area (Å²) < 4.78 is 0. The van der Waals surface area contributed by atoms with Gasteiger partial charge in [0.1, 0.15) is 0 Å². The normalized spacial score (nSPS) is 45.7. The van der Waals surface area contributed by atoms with E-state index in [4.69, 9.17) is 12.2 Å². The Morgan fingerprint density at radius 1 is 1.07 bits per heavy atom. The van der Waals surface area contributed by atoms with Crippen LogP contribution in [0.3, 0.4) is 0 Å². The Balaban J connectivity index is 1.41. The molecule has 3 fully saturated rings. The van der Waals surface area contributed by atoms with Crippen LogP contribution in [0.25, 0.3) is 0 Å². The predicted octanol–water partition coefficient (Wildman–Crippen LogP) is 4.73. The molecule has 5 rings (SSSR count). The lowest BCUT2D eigenvalue weighted by Gasteiger charge is -2.58. The zero-order chi connectivity index (χ0) is 20.4. The first kappa shape index (κ1) is 19.4. The summed E-state index contributed by atoms with van der Waals surface area (Å²) in [5.74, 6) is 2.44. The average molecular weight is 410 g/mol. The summed E-state index contributed by atoms with van der Waals surface area (Å²) >= 11 is 5.25. The molecule has 0 aromatic rings. The van der Waals surface area contributed by atoms with Crippen molar-refractivity contribution in [2.24, 2.45) is 34.5 Å². The third kappa shape index (κ3) is 2.85. The van der Waals surface area contributed by atoms with Crippen LogP contribution in [0.5, 0.6) is 0 Å². The summed E-state index contributed by atoms with van der Waals surface area (Å²) in [6.45, 7) is 4.75. The van der Waals surface area contributed by atoms with Crippen molar-refractivity contribution in [2.45, 2.75) is 64.8 Å². The summed E-state index contributed by atoms with van der Waals surface area (Å²) in [7, 11) is 0. The zero-order valence-corrected chi connectivity index (χ0v) is 18.3. The Bertz CT molecular complexity index is 870. The van der Waals surface area contributed by atoms with E-state index in [0.29, 0.717) is 23.5 Å². The van der Waals surface area contributed by atoms with Gasteiger partial charge in [-0.25, -0.2) is 0 Å². The molecule has 0 unspecified atom stereocenters. The summed E-state index contributed by atoms with van der Waals surface area (Å²) in [5.41, 5.74) is 1.04. The van der Waals surface area contributed by atoms with Crippen LogP contribution in [-0.2, 0) is 9.59 Å². The van der Waals surface area contributed by atoms with E-state index in [-0.39, 0.29) is 28.7 Å². The fourth-order valence-electron chi connectivity index (χ4n) is 7.68. The number of amides is 1. The summed E-state index contributed by atoms with van der Waals surface area (Å²) in [5, 5.41) is 3.23. The van der Waals surface area contributed by atoms with Crippen LogP contribution >= 0.6 is 12.2 Å². The first-order valence-corrected chi connectivity index (χ1v) is 11.7. The van der Waals surface area contributed by atoms with E-state index >= 15 is 0 Å². The van der Waals surface area contributed by atoms with Crippen LogP contribution in [-0.4, -0.2) is 22.6 Å². The van der Waals surface area contributed by atoms with E-state index in [9.17, 15) is 9.59 Å².